The zero-order valence-electron chi connectivity index (χ0n) is 58.4. The average Bonchev–Trinajstić information content (AvgIpc) is 3.55. The maximum Gasteiger partial charge on any atom is 0.306 e. The van der Waals surface area contributed by atoms with E-state index in [4.69, 9.17) is 9.47 Å². The number of hydrogen-bond donors (Lipinski definition) is 1. The van der Waals surface area contributed by atoms with Gasteiger partial charge in [-0.3, -0.25) is 9.59 Å². The van der Waals surface area contributed by atoms with Gasteiger partial charge in [-0.1, -0.05) is 396 Å². The molecule has 0 aliphatic heterocycles. The molecule has 0 amide bonds. The zero-order valence-corrected chi connectivity index (χ0v) is 58.4. The Hall–Kier alpha value is -2.14. The number of hydrogen-bond acceptors (Lipinski definition) is 5. The van der Waals surface area contributed by atoms with Crippen LogP contribution >= 0.6 is 0 Å². The van der Waals surface area contributed by atoms with Crippen molar-refractivity contribution in [3.05, 3.63) is 48.6 Å². The predicted molar refractivity (Wildman–Crippen MR) is 381 cm³/mol. The van der Waals surface area contributed by atoms with Gasteiger partial charge >= 0.3 is 11.9 Å². The highest BCUT2D eigenvalue weighted by molar-refractivity contribution is 5.70. The van der Waals surface area contributed by atoms with Crippen molar-refractivity contribution >= 4 is 11.9 Å². The molecule has 1 N–H and O–H groups in total. The fraction of sp³-hybridized carbons (Fsp3) is 0.877. The molecule has 0 radical (unpaired) electrons. The Bertz CT molecular complexity index is 1410. The Balaban J connectivity index is 3.37. The first kappa shape index (κ1) is 83.9. The monoisotopic (exact) mass is 1210 g/mol. The normalized spacial score (nSPS) is 12.4. The van der Waals surface area contributed by atoms with Gasteiger partial charge in [0.2, 0.25) is 0 Å². The molecule has 0 aromatic heterocycles. The van der Waals surface area contributed by atoms with E-state index in [9.17, 15) is 14.7 Å². The fourth-order valence-electron chi connectivity index (χ4n) is 12.2. The van der Waals surface area contributed by atoms with E-state index >= 15 is 0 Å². The van der Waals surface area contributed by atoms with Crippen LogP contribution in [0.25, 0.3) is 0 Å². The second kappa shape index (κ2) is 77.1. The molecule has 0 fully saturated rings. The summed E-state index contributed by atoms with van der Waals surface area (Å²) < 4.78 is 10.8. The van der Waals surface area contributed by atoms with Crippen molar-refractivity contribution in [3.63, 3.8) is 0 Å². The van der Waals surface area contributed by atoms with E-state index in [-0.39, 0.29) is 25.2 Å². The highest BCUT2D eigenvalue weighted by Gasteiger charge is 2.16. The number of aliphatic hydroxyl groups excluding tert-OH is 1. The summed E-state index contributed by atoms with van der Waals surface area (Å²) in [6.07, 6.45) is 105. The molecule has 0 heterocycles. The largest absolute Gasteiger partial charge is 0.462 e. The minimum absolute atomic E-state index is 0.0597. The number of aliphatic hydroxyl groups is 1. The van der Waals surface area contributed by atoms with E-state index < -0.39 is 6.10 Å². The molecule has 0 saturated heterocycles. The summed E-state index contributed by atoms with van der Waals surface area (Å²) in [6, 6.07) is 0. The van der Waals surface area contributed by atoms with E-state index in [1.165, 1.54) is 366 Å². The summed E-state index contributed by atoms with van der Waals surface area (Å²) in [5.74, 6) is -0.565. The molecule has 0 aliphatic rings. The van der Waals surface area contributed by atoms with Crippen molar-refractivity contribution in [1.82, 2.24) is 0 Å². The van der Waals surface area contributed by atoms with Gasteiger partial charge in [0.1, 0.15) is 6.61 Å². The standard InChI is InChI=1S/C81H152O5/c1-3-5-7-9-11-13-15-17-19-21-23-25-27-29-31-33-35-37-38-39-40-41-42-44-45-47-49-51-53-55-57-59-61-63-65-67-69-71-73-75-80(83)85-78-79(77-82)86-81(84)76-74-72-70-68-66-64-62-60-58-56-54-52-50-48-46-43-36-34-32-30-28-26-24-22-20-18-16-14-12-10-8-6-4-2/h16,18,21-24,28,30,79,82H,3-15,17,19-20,25-27,29,31-78H2,1-2H3/b18-16-,23-21-,24-22-,30-28-. The lowest BCUT2D eigenvalue weighted by Gasteiger charge is -2.15. The van der Waals surface area contributed by atoms with Gasteiger partial charge in [0, 0.05) is 12.8 Å². The van der Waals surface area contributed by atoms with Crippen molar-refractivity contribution in [2.45, 2.75) is 444 Å². The minimum atomic E-state index is -0.771. The summed E-state index contributed by atoms with van der Waals surface area (Å²) in [5, 5.41) is 9.72. The third-order valence-corrected chi connectivity index (χ3v) is 18.1. The molecular formula is C81H152O5. The number of rotatable bonds is 74. The Morgan fingerprint density at radius 3 is 0.709 bits per heavy atom. The van der Waals surface area contributed by atoms with Gasteiger partial charge in [-0.25, -0.2) is 0 Å². The van der Waals surface area contributed by atoms with Gasteiger partial charge in [-0.05, 0) is 77.0 Å². The summed E-state index contributed by atoms with van der Waals surface area (Å²) in [5.41, 5.74) is 0. The van der Waals surface area contributed by atoms with Crippen molar-refractivity contribution in [2.75, 3.05) is 13.2 Å². The van der Waals surface area contributed by atoms with Gasteiger partial charge in [0.25, 0.3) is 0 Å². The Morgan fingerprint density at radius 1 is 0.267 bits per heavy atom. The second-order valence-corrected chi connectivity index (χ2v) is 26.8. The third-order valence-electron chi connectivity index (χ3n) is 18.1. The quantitative estimate of drug-likeness (QED) is 0.0373. The number of unbranched alkanes of at least 4 members (excludes halogenated alkanes) is 58. The topological polar surface area (TPSA) is 72.8 Å². The smallest absolute Gasteiger partial charge is 0.306 e. The molecule has 0 saturated carbocycles. The van der Waals surface area contributed by atoms with Crippen LogP contribution in [0.5, 0.6) is 0 Å². The number of ether oxygens (including phenoxy) is 2. The van der Waals surface area contributed by atoms with Crippen LogP contribution in [-0.4, -0.2) is 36.4 Å². The highest BCUT2D eigenvalue weighted by Crippen LogP contribution is 2.20. The molecule has 0 aromatic carbocycles. The number of carbonyl (C=O) groups is 2. The van der Waals surface area contributed by atoms with E-state index in [1.807, 2.05) is 0 Å². The van der Waals surface area contributed by atoms with Crippen LogP contribution in [0.2, 0.25) is 0 Å². The molecule has 86 heavy (non-hydrogen) atoms. The third kappa shape index (κ3) is 74.3. The predicted octanol–water partition coefficient (Wildman–Crippen LogP) is 27.4. The lowest BCUT2D eigenvalue weighted by Crippen LogP contribution is -2.28. The summed E-state index contributed by atoms with van der Waals surface area (Å²) in [4.78, 5) is 24.7. The second-order valence-electron chi connectivity index (χ2n) is 26.8. The molecule has 506 valence electrons. The van der Waals surface area contributed by atoms with Crippen LogP contribution < -0.4 is 0 Å². The van der Waals surface area contributed by atoms with Gasteiger partial charge in [-0.2, -0.15) is 0 Å². The van der Waals surface area contributed by atoms with Crippen LogP contribution in [0.15, 0.2) is 48.6 Å². The summed E-state index contributed by atoms with van der Waals surface area (Å²) in [6.45, 7) is 4.19. The first-order valence-corrected chi connectivity index (χ1v) is 39.2. The van der Waals surface area contributed by atoms with E-state index in [0.29, 0.717) is 12.8 Å². The van der Waals surface area contributed by atoms with Crippen molar-refractivity contribution in [1.29, 1.82) is 0 Å². The number of esters is 2. The summed E-state index contributed by atoms with van der Waals surface area (Å²) in [7, 11) is 0. The molecule has 5 nitrogen and oxygen atoms in total. The molecule has 1 unspecified atom stereocenters. The van der Waals surface area contributed by atoms with E-state index in [1.54, 1.807) is 0 Å². The van der Waals surface area contributed by atoms with Gasteiger partial charge in [0.15, 0.2) is 6.10 Å². The number of carbonyl (C=O) groups excluding carboxylic acids is 2. The van der Waals surface area contributed by atoms with Crippen LogP contribution in [-0.2, 0) is 19.1 Å². The maximum absolute atomic E-state index is 12.4. The Kier molecular flexibility index (Phi) is 75.2. The van der Waals surface area contributed by atoms with Crippen molar-refractivity contribution in [3.8, 4) is 0 Å². The SMILES string of the molecule is CCCCCCC/C=C\C/C=C\C/C=C\CCCCCCCCCCCCCCCCCCCCC(=O)OC(CO)COC(=O)CCCCCCCCCCCCCCCCCCCCCCCCCCCCC/C=C\CCCCCCCCCC. The fourth-order valence-corrected chi connectivity index (χ4v) is 12.2. The molecule has 5 heteroatoms. The minimum Gasteiger partial charge on any atom is -0.462 e. The first-order valence-electron chi connectivity index (χ1n) is 39.2. The van der Waals surface area contributed by atoms with Crippen molar-refractivity contribution in [2.24, 2.45) is 0 Å². The number of allylic oxidation sites excluding steroid dienone is 8. The first-order chi connectivity index (χ1) is 42.6. The average molecular weight is 1210 g/mol. The van der Waals surface area contributed by atoms with Crippen LogP contribution in [0.3, 0.4) is 0 Å². The van der Waals surface area contributed by atoms with Gasteiger partial charge < -0.3 is 14.6 Å². The van der Waals surface area contributed by atoms with Gasteiger partial charge in [-0.15, -0.1) is 0 Å². The van der Waals surface area contributed by atoms with Crippen LogP contribution in [0, 0.1) is 0 Å². The van der Waals surface area contributed by atoms with E-state index in [2.05, 4.69) is 62.5 Å². The maximum atomic E-state index is 12.4. The molecule has 0 bridgehead atoms. The zero-order chi connectivity index (χ0) is 61.9. The molecule has 0 spiro atoms. The highest BCUT2D eigenvalue weighted by atomic mass is 16.6. The molecule has 0 aliphatic carbocycles. The molecule has 0 rings (SSSR count). The van der Waals surface area contributed by atoms with Crippen molar-refractivity contribution < 1.29 is 24.2 Å². The Morgan fingerprint density at radius 2 is 0.465 bits per heavy atom. The van der Waals surface area contributed by atoms with E-state index in [0.717, 1.165) is 44.9 Å². The van der Waals surface area contributed by atoms with Gasteiger partial charge in [0.05, 0.1) is 6.61 Å². The lowest BCUT2D eigenvalue weighted by molar-refractivity contribution is -0.161. The molecule has 0 aromatic rings. The molecule has 1 atom stereocenters. The summed E-state index contributed by atoms with van der Waals surface area (Å²) >= 11 is 0. The Labute approximate surface area is 539 Å². The molecular weight excluding hydrogens is 1050 g/mol. The van der Waals surface area contributed by atoms with Crippen LogP contribution in [0.1, 0.15) is 438 Å². The van der Waals surface area contributed by atoms with Crippen LogP contribution in [0.4, 0.5) is 0 Å². The lowest BCUT2D eigenvalue weighted by atomic mass is 10.0.